The van der Waals surface area contributed by atoms with Gasteiger partial charge in [0.1, 0.15) is 24.6 Å². The van der Waals surface area contributed by atoms with Gasteiger partial charge in [0.15, 0.2) is 0 Å². The Morgan fingerprint density at radius 3 is 2.19 bits per heavy atom. The molecular formula is C24H35ClN4O6S. The van der Waals surface area contributed by atoms with Gasteiger partial charge in [-0.2, -0.15) is 0 Å². The fraction of sp³-hybridized carbons (Fsp3) is 0.542. The molecule has 2 atom stereocenters. The SMILES string of the molecule is CSC(=O)OCc1ccc(NC(=O)[C@@H](C)NC(=O)[C@H](NC(=O)CCCCNC(=O)CCl)C(C)C)cc1. The first kappa shape index (κ1) is 31.2. The highest BCUT2D eigenvalue weighted by atomic mass is 35.5. The molecule has 200 valence electrons. The minimum Gasteiger partial charge on any atom is -0.453 e. The highest BCUT2D eigenvalue weighted by Gasteiger charge is 2.26. The number of anilines is 1. The Labute approximate surface area is 221 Å². The number of ether oxygens (including phenoxy) is 1. The van der Waals surface area contributed by atoms with Crippen LogP contribution in [0.2, 0.25) is 0 Å². The van der Waals surface area contributed by atoms with E-state index in [1.165, 1.54) is 0 Å². The second kappa shape index (κ2) is 16.8. The predicted octanol–water partition coefficient (Wildman–Crippen LogP) is 2.80. The number of halogens is 1. The van der Waals surface area contributed by atoms with Gasteiger partial charge in [0.25, 0.3) is 0 Å². The molecule has 0 fully saturated rings. The quantitative estimate of drug-likeness (QED) is 0.161. The van der Waals surface area contributed by atoms with Crippen molar-refractivity contribution in [3.05, 3.63) is 29.8 Å². The first-order valence-electron chi connectivity index (χ1n) is 11.6. The first-order valence-corrected chi connectivity index (χ1v) is 13.4. The van der Waals surface area contributed by atoms with E-state index in [2.05, 4.69) is 21.3 Å². The van der Waals surface area contributed by atoms with Gasteiger partial charge in [-0.05, 0) is 61.4 Å². The van der Waals surface area contributed by atoms with Gasteiger partial charge in [0, 0.05) is 18.7 Å². The normalized spacial score (nSPS) is 12.3. The summed E-state index contributed by atoms with van der Waals surface area (Å²) in [7, 11) is 0. The van der Waals surface area contributed by atoms with Gasteiger partial charge in [0.2, 0.25) is 23.6 Å². The number of thioether (sulfide) groups is 1. The standard InChI is InChI=1S/C24H35ClN4O6S/c1-15(2)21(29-19(30)7-5-6-12-26-20(31)13-25)23(33)27-16(3)22(32)28-18-10-8-17(9-11-18)14-35-24(34)36-4/h8-11,15-16,21H,5-7,12-14H2,1-4H3,(H,26,31)(H,27,33)(H,28,32)(H,29,30)/t16-,21-/m1/s1. The molecule has 0 heterocycles. The molecule has 0 aliphatic rings. The number of alkyl halides is 1. The number of carbonyl (C=O) groups is 5. The predicted molar refractivity (Wildman–Crippen MR) is 141 cm³/mol. The zero-order valence-corrected chi connectivity index (χ0v) is 22.6. The topological polar surface area (TPSA) is 143 Å². The van der Waals surface area contributed by atoms with Crippen molar-refractivity contribution in [3.8, 4) is 0 Å². The van der Waals surface area contributed by atoms with E-state index in [0.717, 1.165) is 17.3 Å². The number of carbonyl (C=O) groups excluding carboxylic acids is 5. The van der Waals surface area contributed by atoms with Gasteiger partial charge >= 0.3 is 5.30 Å². The minimum absolute atomic E-state index is 0.106. The minimum atomic E-state index is -0.844. The number of nitrogens with one attached hydrogen (secondary N) is 4. The van der Waals surface area contributed by atoms with Crippen LogP contribution in [0.1, 0.15) is 45.6 Å². The third-order valence-corrected chi connectivity index (χ3v) is 5.73. The van der Waals surface area contributed by atoms with Crippen LogP contribution < -0.4 is 21.3 Å². The summed E-state index contributed by atoms with van der Waals surface area (Å²) in [6.07, 6.45) is 2.98. The van der Waals surface area contributed by atoms with Crippen LogP contribution in [-0.2, 0) is 30.5 Å². The van der Waals surface area contributed by atoms with Crippen molar-refractivity contribution < 1.29 is 28.7 Å². The molecule has 1 rings (SSSR count). The fourth-order valence-electron chi connectivity index (χ4n) is 2.97. The molecule has 0 aliphatic carbocycles. The van der Waals surface area contributed by atoms with Gasteiger partial charge in [-0.1, -0.05) is 26.0 Å². The van der Waals surface area contributed by atoms with Crippen molar-refractivity contribution in [1.82, 2.24) is 16.0 Å². The van der Waals surface area contributed by atoms with E-state index in [-0.39, 0.29) is 41.9 Å². The molecule has 1 aromatic rings. The third kappa shape index (κ3) is 12.3. The average molecular weight is 543 g/mol. The van der Waals surface area contributed by atoms with Crippen LogP contribution in [0.5, 0.6) is 0 Å². The molecule has 10 nitrogen and oxygen atoms in total. The number of amides is 4. The zero-order chi connectivity index (χ0) is 27.1. The molecule has 0 spiro atoms. The highest BCUT2D eigenvalue weighted by molar-refractivity contribution is 8.12. The summed E-state index contributed by atoms with van der Waals surface area (Å²) in [5.74, 6) is -1.72. The lowest BCUT2D eigenvalue weighted by Gasteiger charge is -2.24. The average Bonchev–Trinajstić information content (AvgIpc) is 2.85. The van der Waals surface area contributed by atoms with Gasteiger partial charge in [-0.15, -0.1) is 11.6 Å². The van der Waals surface area contributed by atoms with E-state index in [0.29, 0.717) is 25.1 Å². The highest BCUT2D eigenvalue weighted by Crippen LogP contribution is 2.12. The van der Waals surface area contributed by atoms with Crippen LogP contribution in [0.15, 0.2) is 24.3 Å². The number of benzene rings is 1. The maximum absolute atomic E-state index is 12.8. The second-order valence-electron chi connectivity index (χ2n) is 8.39. The summed E-state index contributed by atoms with van der Waals surface area (Å²) in [6, 6.07) is 5.15. The molecule has 1 aromatic carbocycles. The van der Waals surface area contributed by atoms with E-state index in [1.807, 2.05) is 0 Å². The maximum Gasteiger partial charge on any atom is 0.367 e. The lowest BCUT2D eigenvalue weighted by molar-refractivity contribution is -0.131. The summed E-state index contributed by atoms with van der Waals surface area (Å²) in [4.78, 5) is 59.9. The molecule has 4 amide bonds. The summed E-state index contributed by atoms with van der Waals surface area (Å²) in [5, 5.41) is 10.3. The van der Waals surface area contributed by atoms with Crippen molar-refractivity contribution in [2.24, 2.45) is 5.92 Å². The zero-order valence-electron chi connectivity index (χ0n) is 21.0. The van der Waals surface area contributed by atoms with Gasteiger partial charge in [0.05, 0.1) is 0 Å². The Balaban J connectivity index is 2.51. The fourth-order valence-corrected chi connectivity index (χ4v) is 3.24. The Bertz CT molecular complexity index is 897. The molecule has 0 bridgehead atoms. The van der Waals surface area contributed by atoms with Crippen LogP contribution >= 0.6 is 23.4 Å². The van der Waals surface area contributed by atoms with E-state index < -0.39 is 23.9 Å². The maximum atomic E-state index is 12.8. The largest absolute Gasteiger partial charge is 0.453 e. The summed E-state index contributed by atoms with van der Waals surface area (Å²) in [5.41, 5.74) is 1.30. The summed E-state index contributed by atoms with van der Waals surface area (Å²) < 4.78 is 5.03. The van der Waals surface area contributed by atoms with Crippen molar-refractivity contribution in [2.75, 3.05) is 24.0 Å². The Morgan fingerprint density at radius 2 is 1.61 bits per heavy atom. The van der Waals surface area contributed by atoms with Crippen molar-refractivity contribution in [1.29, 1.82) is 0 Å². The third-order valence-electron chi connectivity index (χ3n) is 5.04. The Kier molecular flexibility index (Phi) is 14.6. The van der Waals surface area contributed by atoms with Crippen molar-refractivity contribution >= 4 is 58.0 Å². The number of unbranched alkanes of at least 4 members (excludes halogenated alkanes) is 1. The van der Waals surface area contributed by atoms with Crippen LogP contribution in [0, 0.1) is 5.92 Å². The molecule has 36 heavy (non-hydrogen) atoms. The lowest BCUT2D eigenvalue weighted by atomic mass is 10.0. The second-order valence-corrected chi connectivity index (χ2v) is 9.40. The Morgan fingerprint density at radius 1 is 0.944 bits per heavy atom. The number of hydrogen-bond acceptors (Lipinski definition) is 7. The van der Waals surface area contributed by atoms with E-state index in [1.54, 1.807) is 51.3 Å². The van der Waals surface area contributed by atoms with Crippen LogP contribution in [0.4, 0.5) is 10.5 Å². The molecule has 0 saturated heterocycles. The molecule has 12 heteroatoms. The van der Waals surface area contributed by atoms with Crippen LogP contribution in [0.3, 0.4) is 0 Å². The molecule has 0 unspecified atom stereocenters. The van der Waals surface area contributed by atoms with Crippen LogP contribution in [-0.4, -0.2) is 59.7 Å². The van der Waals surface area contributed by atoms with Crippen LogP contribution in [0.25, 0.3) is 0 Å². The van der Waals surface area contributed by atoms with Crippen molar-refractivity contribution in [3.63, 3.8) is 0 Å². The van der Waals surface area contributed by atoms with E-state index in [9.17, 15) is 24.0 Å². The molecular weight excluding hydrogens is 508 g/mol. The first-order chi connectivity index (χ1) is 17.1. The number of hydrogen-bond donors (Lipinski definition) is 4. The molecule has 0 saturated carbocycles. The van der Waals surface area contributed by atoms with Gasteiger partial charge in [-0.3, -0.25) is 19.2 Å². The van der Waals surface area contributed by atoms with Gasteiger partial charge in [-0.25, -0.2) is 4.79 Å². The molecule has 0 radical (unpaired) electrons. The molecule has 0 aromatic heterocycles. The monoisotopic (exact) mass is 542 g/mol. The van der Waals surface area contributed by atoms with Crippen molar-refractivity contribution in [2.45, 2.75) is 58.7 Å². The lowest BCUT2D eigenvalue weighted by Crippen LogP contribution is -2.53. The summed E-state index contributed by atoms with van der Waals surface area (Å²) >= 11 is 6.39. The number of rotatable bonds is 14. The van der Waals surface area contributed by atoms with E-state index in [4.69, 9.17) is 16.3 Å². The Hall–Kier alpha value is -2.79. The smallest absolute Gasteiger partial charge is 0.367 e. The summed E-state index contributed by atoms with van der Waals surface area (Å²) in [6.45, 7) is 5.71. The van der Waals surface area contributed by atoms with Gasteiger partial charge < -0.3 is 26.0 Å². The molecule has 4 N–H and O–H groups in total. The van der Waals surface area contributed by atoms with E-state index >= 15 is 0 Å². The molecule has 0 aliphatic heterocycles.